The molecule has 2 atom stereocenters. The summed E-state index contributed by atoms with van der Waals surface area (Å²) >= 11 is 2.33. The van der Waals surface area contributed by atoms with E-state index in [1.54, 1.807) is 36.4 Å². The summed E-state index contributed by atoms with van der Waals surface area (Å²) < 4.78 is 12.2. The molecule has 6 saturated heterocycles. The number of thiazole rings is 2. The number of benzene rings is 2. The lowest BCUT2D eigenvalue weighted by molar-refractivity contribution is -0.131. The van der Waals surface area contributed by atoms with E-state index in [2.05, 4.69) is 30.4 Å². The van der Waals surface area contributed by atoms with Crippen LogP contribution in [0.5, 0.6) is 10.4 Å². The summed E-state index contributed by atoms with van der Waals surface area (Å²) in [7, 11) is 0. The van der Waals surface area contributed by atoms with Crippen LogP contribution in [0.3, 0.4) is 0 Å². The third-order valence-corrected chi connectivity index (χ3v) is 11.8. The summed E-state index contributed by atoms with van der Waals surface area (Å²) in [5.41, 5.74) is 2.10. The monoisotopic (exact) mass is 686 g/mol. The number of fused-ring (bicyclic) bond motifs is 8. The number of aromatic nitrogens is 2. The first-order valence-electron chi connectivity index (χ1n) is 16.3. The predicted molar refractivity (Wildman–Crippen MR) is 180 cm³/mol. The quantitative estimate of drug-likeness (QED) is 0.209. The molecule has 2 amide bonds. The Morgan fingerprint density at radius 1 is 0.667 bits per heavy atom. The van der Waals surface area contributed by atoms with Gasteiger partial charge in [-0.2, -0.15) is 0 Å². The molecule has 2 N–H and O–H groups in total. The van der Waals surface area contributed by atoms with Crippen LogP contribution >= 0.6 is 22.7 Å². The van der Waals surface area contributed by atoms with Gasteiger partial charge in [0.1, 0.15) is 0 Å². The Hall–Kier alpha value is -4.24. The molecule has 6 fully saturated rings. The summed E-state index contributed by atoms with van der Waals surface area (Å²) in [4.78, 5) is 64.4. The van der Waals surface area contributed by atoms with Crippen molar-refractivity contribution in [1.29, 1.82) is 0 Å². The van der Waals surface area contributed by atoms with Gasteiger partial charge >= 0.3 is 11.9 Å². The summed E-state index contributed by atoms with van der Waals surface area (Å²) in [5.74, 6) is -0.827. The molecular weight excluding hydrogens is 653 g/mol. The first-order chi connectivity index (χ1) is 23.3. The molecule has 12 nitrogen and oxygen atoms in total. The van der Waals surface area contributed by atoms with Gasteiger partial charge in [0, 0.05) is 48.5 Å². The normalized spacial score (nSPS) is 26.2. The van der Waals surface area contributed by atoms with Crippen LogP contribution in [-0.2, 0) is 9.59 Å². The number of rotatable bonds is 8. The second-order valence-electron chi connectivity index (χ2n) is 12.9. The number of nitrogens with one attached hydrogen (secondary N) is 2. The maximum absolute atomic E-state index is 13.0. The minimum Gasteiger partial charge on any atom is -0.395 e. The standard InChI is InChI=1S/C34H34N6O6S2/c41-29(45-33-37-23-15-21(1-3-27(23)47-33)31(43)35-25-17-39-11-7-19(25)8-12-39)5-6-30(42)46-34-38-24-16-22(2-4-28(24)48-34)32(44)36-26-18-40-13-9-20(26)10-14-40/h1-6,15-16,19-20,25-26H,7-14,17-18H2,(H,35,43)(H,36,44)/b6-5+/t25-,26-/m0/s1. The van der Waals surface area contributed by atoms with Crippen molar-refractivity contribution >= 4 is 66.9 Å². The van der Waals surface area contributed by atoms with Crippen molar-refractivity contribution in [3.8, 4) is 10.4 Å². The Bertz CT molecular complexity index is 1800. The van der Waals surface area contributed by atoms with Crippen molar-refractivity contribution in [1.82, 2.24) is 30.4 Å². The molecule has 4 aromatic rings. The Morgan fingerprint density at radius 2 is 1.08 bits per heavy atom. The zero-order chi connectivity index (χ0) is 32.8. The molecule has 8 heterocycles. The number of carbonyl (C=O) groups is 4. The molecule has 248 valence electrons. The molecule has 14 heteroatoms. The fraction of sp³-hybridized carbons (Fsp3) is 0.412. The van der Waals surface area contributed by atoms with Gasteiger partial charge in [-0.05, 0) is 100 Å². The van der Waals surface area contributed by atoms with E-state index in [1.165, 1.54) is 0 Å². The van der Waals surface area contributed by atoms with Gasteiger partial charge in [-0.25, -0.2) is 19.6 Å². The molecule has 10 rings (SSSR count). The van der Waals surface area contributed by atoms with Crippen molar-refractivity contribution in [3.63, 3.8) is 0 Å². The van der Waals surface area contributed by atoms with Crippen LogP contribution in [0, 0.1) is 11.8 Å². The van der Waals surface area contributed by atoms with Crippen LogP contribution in [0.4, 0.5) is 0 Å². The van der Waals surface area contributed by atoms with E-state index in [0.29, 0.717) is 34.0 Å². The average molecular weight is 687 g/mol. The van der Waals surface area contributed by atoms with Crippen molar-refractivity contribution < 1.29 is 28.7 Å². The van der Waals surface area contributed by atoms with Crippen molar-refractivity contribution in [2.75, 3.05) is 39.3 Å². The van der Waals surface area contributed by atoms with Crippen molar-refractivity contribution in [3.05, 3.63) is 59.7 Å². The molecule has 0 spiro atoms. The van der Waals surface area contributed by atoms with E-state index in [4.69, 9.17) is 9.47 Å². The van der Waals surface area contributed by atoms with Gasteiger partial charge in [-0.3, -0.25) is 9.59 Å². The van der Waals surface area contributed by atoms with Gasteiger partial charge in [0.15, 0.2) is 0 Å². The summed E-state index contributed by atoms with van der Waals surface area (Å²) in [6, 6.07) is 10.8. The molecule has 0 radical (unpaired) electrons. The zero-order valence-electron chi connectivity index (χ0n) is 26.1. The van der Waals surface area contributed by atoms with E-state index < -0.39 is 11.9 Å². The fourth-order valence-electron chi connectivity index (χ4n) is 7.32. The second-order valence-corrected chi connectivity index (χ2v) is 14.9. The molecule has 4 bridgehead atoms. The lowest BCUT2D eigenvalue weighted by Gasteiger charge is -2.44. The molecule has 0 aliphatic carbocycles. The Labute approximate surface area is 284 Å². The molecule has 0 saturated carbocycles. The molecule has 2 aromatic carbocycles. The average Bonchev–Trinajstić information content (AvgIpc) is 3.70. The zero-order valence-corrected chi connectivity index (χ0v) is 27.7. The minimum atomic E-state index is -0.797. The number of hydrogen-bond acceptors (Lipinski definition) is 12. The van der Waals surface area contributed by atoms with Gasteiger partial charge < -0.3 is 29.9 Å². The fourth-order valence-corrected chi connectivity index (χ4v) is 8.92. The van der Waals surface area contributed by atoms with E-state index in [1.807, 2.05) is 0 Å². The lowest BCUT2D eigenvalue weighted by Crippen LogP contribution is -2.57. The van der Waals surface area contributed by atoms with Gasteiger partial charge in [-0.15, -0.1) is 0 Å². The Kier molecular flexibility index (Phi) is 8.41. The largest absolute Gasteiger partial charge is 0.395 e. The first-order valence-corrected chi connectivity index (χ1v) is 18.0. The molecule has 6 aliphatic rings. The number of carbonyl (C=O) groups excluding carboxylic acids is 4. The molecule has 48 heavy (non-hydrogen) atoms. The maximum atomic E-state index is 13.0. The number of amides is 2. The van der Waals surface area contributed by atoms with Crippen LogP contribution < -0.4 is 20.1 Å². The van der Waals surface area contributed by atoms with E-state index >= 15 is 0 Å². The highest BCUT2D eigenvalue weighted by Gasteiger charge is 2.36. The molecular formula is C34H34N6O6S2. The summed E-state index contributed by atoms with van der Waals surface area (Å²) in [5, 5.41) is 6.56. The van der Waals surface area contributed by atoms with Crippen LogP contribution in [0.2, 0.25) is 0 Å². The third kappa shape index (κ3) is 6.57. The van der Waals surface area contributed by atoms with Crippen LogP contribution in [-0.4, -0.2) is 94.9 Å². The number of nitrogens with zero attached hydrogens (tertiary/aromatic N) is 4. The second kappa shape index (κ2) is 13.0. The van der Waals surface area contributed by atoms with E-state index in [0.717, 1.165) is 109 Å². The van der Waals surface area contributed by atoms with E-state index in [-0.39, 0.29) is 34.3 Å². The van der Waals surface area contributed by atoms with Crippen molar-refractivity contribution in [2.45, 2.75) is 37.8 Å². The highest BCUT2D eigenvalue weighted by molar-refractivity contribution is 7.20. The minimum absolute atomic E-state index is 0.0995. The summed E-state index contributed by atoms with van der Waals surface area (Å²) in [6.07, 6.45) is 6.38. The Balaban J connectivity index is 0.847. The highest BCUT2D eigenvalue weighted by atomic mass is 32.1. The van der Waals surface area contributed by atoms with Crippen LogP contribution in [0.1, 0.15) is 46.4 Å². The first kappa shape index (κ1) is 31.1. The summed E-state index contributed by atoms with van der Waals surface area (Å²) in [6.45, 7) is 6.18. The molecule has 2 aromatic heterocycles. The van der Waals surface area contributed by atoms with Gasteiger partial charge in [0.2, 0.25) is 0 Å². The SMILES string of the molecule is O=C(/C=C/C(=O)Oc1nc2cc(C(=O)N[C@H]3CN4CCC3CC4)ccc2s1)Oc1nc2cc(C(=O)N[C@H]3CN4CCC3CC4)ccc2s1. The number of hydrogen-bond donors (Lipinski definition) is 2. The maximum Gasteiger partial charge on any atom is 0.338 e. The van der Waals surface area contributed by atoms with Gasteiger partial charge in [0.25, 0.3) is 22.2 Å². The smallest absolute Gasteiger partial charge is 0.338 e. The number of piperidine rings is 6. The van der Waals surface area contributed by atoms with Gasteiger partial charge in [0.05, 0.1) is 20.4 Å². The Morgan fingerprint density at radius 3 is 1.46 bits per heavy atom. The van der Waals surface area contributed by atoms with Crippen molar-refractivity contribution in [2.24, 2.45) is 11.8 Å². The topological polar surface area (TPSA) is 143 Å². The van der Waals surface area contributed by atoms with Crippen LogP contribution in [0.15, 0.2) is 48.6 Å². The lowest BCUT2D eigenvalue weighted by atomic mass is 9.84. The number of ether oxygens (including phenoxy) is 2. The van der Waals surface area contributed by atoms with Gasteiger partial charge in [-0.1, -0.05) is 22.7 Å². The number of esters is 2. The third-order valence-electron chi connectivity index (χ3n) is 9.94. The predicted octanol–water partition coefficient (Wildman–Crippen LogP) is 3.62. The molecule has 6 aliphatic heterocycles. The highest BCUT2D eigenvalue weighted by Crippen LogP contribution is 2.32. The molecule has 0 unspecified atom stereocenters. The van der Waals surface area contributed by atoms with Crippen LogP contribution in [0.25, 0.3) is 20.4 Å². The van der Waals surface area contributed by atoms with E-state index in [9.17, 15) is 19.2 Å².